The summed E-state index contributed by atoms with van der Waals surface area (Å²) in [6.07, 6.45) is 2.00. The highest BCUT2D eigenvalue weighted by Gasteiger charge is 2.27. The summed E-state index contributed by atoms with van der Waals surface area (Å²) in [5, 5.41) is 2.70. The van der Waals surface area contributed by atoms with Crippen LogP contribution >= 0.6 is 0 Å². The van der Waals surface area contributed by atoms with E-state index in [1.807, 2.05) is 0 Å². The van der Waals surface area contributed by atoms with Gasteiger partial charge in [-0.05, 0) is 68.3 Å². The van der Waals surface area contributed by atoms with Crippen LogP contribution in [0.2, 0.25) is 0 Å². The van der Waals surface area contributed by atoms with E-state index in [1.54, 1.807) is 43.3 Å². The molecule has 2 aromatic carbocycles. The average Bonchev–Trinajstić information content (AvgIpc) is 3.29. The second kappa shape index (κ2) is 9.47. The zero-order valence-electron chi connectivity index (χ0n) is 18.2. The Kier molecular flexibility index (Phi) is 7.11. The molecule has 1 saturated heterocycles. The Morgan fingerprint density at radius 3 is 2.09 bits per heavy atom. The Morgan fingerprint density at radius 1 is 1.00 bits per heavy atom. The van der Waals surface area contributed by atoms with Gasteiger partial charge in [0.15, 0.2) is 6.10 Å². The fourth-order valence-corrected chi connectivity index (χ4v) is 5.24. The largest absolute Gasteiger partial charge is 0.481 e. The molecule has 174 valence electrons. The van der Waals surface area contributed by atoms with Crippen LogP contribution in [0.15, 0.2) is 53.4 Å². The predicted octanol–water partition coefficient (Wildman–Crippen LogP) is 2.27. The number of benzene rings is 2. The first-order valence-corrected chi connectivity index (χ1v) is 13.4. The van der Waals surface area contributed by atoms with Crippen LogP contribution in [0.1, 0.15) is 19.8 Å². The molecule has 0 spiro atoms. The van der Waals surface area contributed by atoms with Crippen molar-refractivity contribution in [3.63, 3.8) is 0 Å². The van der Waals surface area contributed by atoms with Gasteiger partial charge in [0.05, 0.1) is 16.8 Å². The molecule has 1 aliphatic heterocycles. The number of hydrogen-bond donors (Lipinski definition) is 1. The van der Waals surface area contributed by atoms with E-state index in [1.165, 1.54) is 23.5 Å². The summed E-state index contributed by atoms with van der Waals surface area (Å²) >= 11 is 0. The third kappa shape index (κ3) is 5.59. The van der Waals surface area contributed by atoms with E-state index in [0.717, 1.165) is 23.4 Å². The number of carbonyl (C=O) groups is 1. The van der Waals surface area contributed by atoms with Crippen LogP contribution in [0.4, 0.5) is 11.4 Å². The molecule has 0 bridgehead atoms. The molecule has 1 aliphatic rings. The van der Waals surface area contributed by atoms with Crippen molar-refractivity contribution in [2.24, 2.45) is 0 Å². The van der Waals surface area contributed by atoms with E-state index in [9.17, 15) is 21.6 Å². The molecule has 0 radical (unpaired) electrons. The summed E-state index contributed by atoms with van der Waals surface area (Å²) in [7, 11) is -5.43. The average molecular weight is 482 g/mol. The van der Waals surface area contributed by atoms with Gasteiger partial charge in [-0.25, -0.2) is 16.8 Å². The first-order chi connectivity index (χ1) is 15.0. The van der Waals surface area contributed by atoms with Crippen molar-refractivity contribution >= 4 is 37.3 Å². The lowest BCUT2D eigenvalue weighted by Gasteiger charge is -2.18. The molecule has 1 atom stereocenters. The van der Waals surface area contributed by atoms with Crippen LogP contribution in [-0.2, 0) is 24.8 Å². The van der Waals surface area contributed by atoms with Crippen molar-refractivity contribution in [1.29, 1.82) is 0 Å². The molecule has 1 N–H and O–H groups in total. The minimum atomic E-state index is -3.51. The summed E-state index contributed by atoms with van der Waals surface area (Å²) in [4.78, 5) is 12.7. The Bertz CT molecular complexity index is 1160. The minimum absolute atomic E-state index is 0.195. The van der Waals surface area contributed by atoms with E-state index in [4.69, 9.17) is 4.74 Å². The SMILES string of the molecule is C[C@H](Oc1ccc(N(C)S(C)(=O)=O)cc1)C(=O)Nc1ccc(S(=O)(=O)N2CCCC2)cc1. The molecule has 11 heteroatoms. The summed E-state index contributed by atoms with van der Waals surface area (Å²) in [5.74, 6) is 0.00263. The molecule has 1 amide bonds. The smallest absolute Gasteiger partial charge is 0.265 e. The maximum Gasteiger partial charge on any atom is 0.265 e. The standard InChI is InChI=1S/C21H27N3O6S2/c1-16(30-19-10-8-18(9-11-19)23(2)31(3,26)27)21(25)22-17-6-12-20(13-7-17)32(28,29)24-14-4-5-15-24/h6-13,16H,4-5,14-15H2,1-3H3,(H,22,25)/t16-/m0/s1. The molecule has 3 rings (SSSR count). The molecule has 1 fully saturated rings. The van der Waals surface area contributed by atoms with Crippen molar-refractivity contribution < 1.29 is 26.4 Å². The molecule has 2 aromatic rings. The predicted molar refractivity (Wildman–Crippen MR) is 123 cm³/mol. The number of rotatable bonds is 8. The van der Waals surface area contributed by atoms with Gasteiger partial charge in [-0.15, -0.1) is 0 Å². The number of amides is 1. The fourth-order valence-electron chi connectivity index (χ4n) is 3.22. The van der Waals surface area contributed by atoms with E-state index in [0.29, 0.717) is 30.2 Å². The number of hydrogen-bond acceptors (Lipinski definition) is 6. The van der Waals surface area contributed by atoms with Gasteiger partial charge in [0.2, 0.25) is 20.0 Å². The van der Waals surface area contributed by atoms with Crippen LogP contribution in [0.25, 0.3) is 0 Å². The molecule has 32 heavy (non-hydrogen) atoms. The highest BCUT2D eigenvalue weighted by molar-refractivity contribution is 7.92. The maximum absolute atomic E-state index is 12.6. The van der Waals surface area contributed by atoms with Crippen LogP contribution in [-0.4, -0.2) is 59.5 Å². The normalized spacial score (nSPS) is 15.8. The Morgan fingerprint density at radius 2 is 1.56 bits per heavy atom. The molecule has 9 nitrogen and oxygen atoms in total. The lowest BCUT2D eigenvalue weighted by molar-refractivity contribution is -0.122. The molecule has 0 saturated carbocycles. The Hall–Kier alpha value is -2.63. The van der Waals surface area contributed by atoms with Gasteiger partial charge in [-0.3, -0.25) is 9.10 Å². The van der Waals surface area contributed by atoms with Gasteiger partial charge < -0.3 is 10.1 Å². The molecule has 0 aliphatic carbocycles. The van der Waals surface area contributed by atoms with Crippen LogP contribution in [0, 0.1) is 0 Å². The second-order valence-corrected chi connectivity index (χ2v) is 11.6. The van der Waals surface area contributed by atoms with Crippen LogP contribution in [0.3, 0.4) is 0 Å². The Balaban J connectivity index is 1.60. The monoisotopic (exact) mass is 481 g/mol. The van der Waals surface area contributed by atoms with Crippen LogP contribution in [0.5, 0.6) is 5.75 Å². The van der Waals surface area contributed by atoms with Crippen molar-refractivity contribution in [2.75, 3.05) is 36.0 Å². The number of ether oxygens (including phenoxy) is 1. The van der Waals surface area contributed by atoms with E-state index in [-0.39, 0.29) is 4.90 Å². The summed E-state index contributed by atoms with van der Waals surface area (Å²) in [6.45, 7) is 2.64. The molecule has 0 aromatic heterocycles. The highest BCUT2D eigenvalue weighted by Crippen LogP contribution is 2.23. The van der Waals surface area contributed by atoms with Gasteiger partial charge in [0.1, 0.15) is 5.75 Å². The topological polar surface area (TPSA) is 113 Å². The van der Waals surface area contributed by atoms with Crippen molar-refractivity contribution in [1.82, 2.24) is 4.31 Å². The second-order valence-electron chi connectivity index (χ2n) is 7.61. The third-order valence-corrected chi connectivity index (χ3v) is 8.32. The van der Waals surface area contributed by atoms with Crippen molar-refractivity contribution in [3.05, 3.63) is 48.5 Å². The fraction of sp³-hybridized carbons (Fsp3) is 0.381. The zero-order valence-corrected chi connectivity index (χ0v) is 19.8. The minimum Gasteiger partial charge on any atom is -0.481 e. The lowest BCUT2D eigenvalue weighted by atomic mass is 10.3. The number of anilines is 2. The van der Waals surface area contributed by atoms with E-state index in [2.05, 4.69) is 5.32 Å². The number of nitrogens with one attached hydrogen (secondary N) is 1. The van der Waals surface area contributed by atoms with E-state index < -0.39 is 32.1 Å². The summed E-state index contributed by atoms with van der Waals surface area (Å²) in [5.41, 5.74) is 0.928. The molecular formula is C21H27N3O6S2. The summed E-state index contributed by atoms with van der Waals surface area (Å²) in [6, 6.07) is 12.4. The summed E-state index contributed by atoms with van der Waals surface area (Å²) < 4.78 is 56.6. The highest BCUT2D eigenvalue weighted by atomic mass is 32.2. The van der Waals surface area contributed by atoms with Crippen molar-refractivity contribution in [2.45, 2.75) is 30.8 Å². The van der Waals surface area contributed by atoms with Gasteiger partial charge in [-0.2, -0.15) is 4.31 Å². The third-order valence-electron chi connectivity index (χ3n) is 5.20. The van der Waals surface area contributed by atoms with Crippen LogP contribution < -0.4 is 14.4 Å². The van der Waals surface area contributed by atoms with Gasteiger partial charge in [0.25, 0.3) is 5.91 Å². The van der Waals surface area contributed by atoms with Crippen molar-refractivity contribution in [3.8, 4) is 5.75 Å². The lowest BCUT2D eigenvalue weighted by Crippen LogP contribution is -2.30. The maximum atomic E-state index is 12.6. The molecule has 1 heterocycles. The van der Waals surface area contributed by atoms with Gasteiger partial charge >= 0.3 is 0 Å². The first kappa shape index (κ1) is 24.0. The quantitative estimate of drug-likeness (QED) is 0.619. The Labute approximate surface area is 189 Å². The van der Waals surface area contributed by atoms with E-state index >= 15 is 0 Å². The molecule has 0 unspecified atom stereocenters. The number of carbonyl (C=O) groups excluding carboxylic acids is 1. The molecular weight excluding hydrogens is 454 g/mol. The van der Waals surface area contributed by atoms with Gasteiger partial charge in [-0.1, -0.05) is 0 Å². The first-order valence-electron chi connectivity index (χ1n) is 10.1. The van der Waals surface area contributed by atoms with Gasteiger partial charge in [0, 0.05) is 25.8 Å². The number of nitrogens with zero attached hydrogens (tertiary/aromatic N) is 2. The zero-order chi connectivity index (χ0) is 23.5. The number of sulfonamides is 2.